The molecule has 21 heteroatoms. The Kier molecular flexibility index (Phi) is 23.6. The first-order valence-corrected chi connectivity index (χ1v) is 19.9. The van der Waals surface area contributed by atoms with E-state index in [-0.39, 0.29) is 87.7 Å². The molecule has 0 aliphatic heterocycles. The van der Waals surface area contributed by atoms with Crippen LogP contribution in [0.5, 0.6) is 0 Å². The van der Waals surface area contributed by atoms with Crippen molar-refractivity contribution < 1.29 is 38.4 Å². The number of Topliss-reactive ketones (excluding diaryl/α,β-unsaturated/α-hetero) is 1. The van der Waals surface area contributed by atoms with Gasteiger partial charge >= 0.3 is 0 Å². The number of ketones is 1. The summed E-state index contributed by atoms with van der Waals surface area (Å²) < 4.78 is 0. The highest BCUT2D eigenvalue weighted by molar-refractivity contribution is 5.97. The SMILES string of the molecule is CC(=O)NCC(=O)NCC(=O)N[C@H](Cc1ccccc1)C(=O)N[C@@H](CC(C)C)C(=O)N[C@@H](CCCN=C(N)N)C(=O)N[C@@H](CCCN=C(N)N)C(=O)N[C@H](C(C)=O)C(C)C. The fourth-order valence-electron chi connectivity index (χ4n) is 5.81. The largest absolute Gasteiger partial charge is 0.370 e. The van der Waals surface area contributed by atoms with Gasteiger partial charge in [0.05, 0.1) is 19.1 Å². The minimum atomic E-state index is -1.25. The number of nitrogens with two attached hydrogens (primary N) is 4. The number of nitrogens with zero attached hydrogens (tertiary/aromatic N) is 2. The zero-order valence-corrected chi connectivity index (χ0v) is 35.5. The van der Waals surface area contributed by atoms with E-state index in [9.17, 15) is 38.4 Å². The van der Waals surface area contributed by atoms with Crippen molar-refractivity contribution in [3.05, 3.63) is 35.9 Å². The lowest BCUT2D eigenvalue weighted by molar-refractivity contribution is -0.135. The summed E-state index contributed by atoms with van der Waals surface area (Å²) in [6, 6.07) is 3.17. The van der Waals surface area contributed by atoms with Crippen LogP contribution in [0.2, 0.25) is 0 Å². The number of carbonyl (C=O) groups is 8. The van der Waals surface area contributed by atoms with Crippen LogP contribution in [0.15, 0.2) is 40.3 Å². The molecule has 5 atom stereocenters. The summed E-state index contributed by atoms with van der Waals surface area (Å²) in [6.07, 6.45) is 0.745. The molecular weight excluding hydrogens is 779 g/mol. The predicted octanol–water partition coefficient (Wildman–Crippen LogP) is -2.70. The van der Waals surface area contributed by atoms with Gasteiger partial charge in [-0.25, -0.2) is 0 Å². The lowest BCUT2D eigenvalue weighted by Gasteiger charge is -2.28. The molecule has 0 saturated heterocycles. The molecule has 0 heterocycles. The van der Waals surface area contributed by atoms with E-state index in [2.05, 4.69) is 47.2 Å². The van der Waals surface area contributed by atoms with Crippen LogP contribution in [-0.2, 0) is 44.8 Å². The van der Waals surface area contributed by atoms with Crippen LogP contribution >= 0.6 is 0 Å². The fourth-order valence-corrected chi connectivity index (χ4v) is 5.81. The van der Waals surface area contributed by atoms with Crippen molar-refractivity contribution in [3.63, 3.8) is 0 Å². The van der Waals surface area contributed by atoms with E-state index in [4.69, 9.17) is 22.9 Å². The molecule has 1 rings (SSSR count). The van der Waals surface area contributed by atoms with Crippen molar-refractivity contribution >= 4 is 59.1 Å². The third-order valence-electron chi connectivity index (χ3n) is 8.78. The van der Waals surface area contributed by atoms with Crippen LogP contribution in [-0.4, -0.2) is 115 Å². The molecule has 0 aliphatic carbocycles. The third kappa shape index (κ3) is 22.0. The van der Waals surface area contributed by atoms with Gasteiger partial charge < -0.3 is 60.2 Å². The molecule has 21 nitrogen and oxygen atoms in total. The Hall–Kier alpha value is -6.28. The van der Waals surface area contributed by atoms with Crippen LogP contribution in [0.4, 0.5) is 0 Å². The maximum absolute atomic E-state index is 14.1. The molecule has 60 heavy (non-hydrogen) atoms. The fraction of sp³-hybridized carbons (Fsp3) is 0.590. The van der Waals surface area contributed by atoms with Gasteiger partial charge in [0.1, 0.15) is 24.2 Å². The first-order chi connectivity index (χ1) is 28.2. The van der Waals surface area contributed by atoms with E-state index in [0.717, 1.165) is 0 Å². The highest BCUT2D eigenvalue weighted by atomic mass is 16.2. The number of amides is 7. The number of carbonyl (C=O) groups excluding carboxylic acids is 8. The first kappa shape index (κ1) is 51.7. The van der Waals surface area contributed by atoms with Gasteiger partial charge in [-0.1, -0.05) is 58.0 Å². The lowest BCUT2D eigenvalue weighted by Crippen LogP contribution is -2.59. The molecular formula is C39H65N13O8. The van der Waals surface area contributed by atoms with Crippen molar-refractivity contribution in [2.75, 3.05) is 26.2 Å². The van der Waals surface area contributed by atoms with Gasteiger partial charge in [-0.2, -0.15) is 0 Å². The van der Waals surface area contributed by atoms with Gasteiger partial charge in [0.25, 0.3) is 0 Å². The average molecular weight is 844 g/mol. The quantitative estimate of drug-likeness (QED) is 0.0245. The van der Waals surface area contributed by atoms with Crippen molar-refractivity contribution in [2.45, 2.75) is 110 Å². The number of guanidine groups is 2. The van der Waals surface area contributed by atoms with Crippen LogP contribution in [0.25, 0.3) is 0 Å². The van der Waals surface area contributed by atoms with Crippen molar-refractivity contribution in [2.24, 2.45) is 44.8 Å². The Labute approximate surface area is 351 Å². The van der Waals surface area contributed by atoms with Crippen molar-refractivity contribution in [1.29, 1.82) is 0 Å². The summed E-state index contributed by atoms with van der Waals surface area (Å²) >= 11 is 0. The van der Waals surface area contributed by atoms with Crippen LogP contribution in [0, 0.1) is 11.8 Å². The van der Waals surface area contributed by atoms with Gasteiger partial charge in [-0.15, -0.1) is 0 Å². The monoisotopic (exact) mass is 844 g/mol. The molecule has 15 N–H and O–H groups in total. The second-order valence-electron chi connectivity index (χ2n) is 15.0. The van der Waals surface area contributed by atoms with Gasteiger partial charge in [-0.3, -0.25) is 48.3 Å². The molecule has 0 unspecified atom stereocenters. The van der Waals surface area contributed by atoms with Crippen molar-refractivity contribution in [3.8, 4) is 0 Å². The molecule has 0 spiro atoms. The zero-order valence-electron chi connectivity index (χ0n) is 35.5. The number of aliphatic imine (C=N–C) groups is 2. The zero-order chi connectivity index (χ0) is 45.4. The second kappa shape index (κ2) is 27.4. The van der Waals surface area contributed by atoms with E-state index >= 15 is 0 Å². The Morgan fingerprint density at radius 3 is 1.52 bits per heavy atom. The molecule has 334 valence electrons. The molecule has 0 aliphatic rings. The Morgan fingerprint density at radius 2 is 1.05 bits per heavy atom. The van der Waals surface area contributed by atoms with E-state index in [1.54, 1.807) is 44.2 Å². The highest BCUT2D eigenvalue weighted by Crippen LogP contribution is 2.11. The second-order valence-corrected chi connectivity index (χ2v) is 15.0. The van der Waals surface area contributed by atoms with Gasteiger partial charge in [0, 0.05) is 26.4 Å². The minimum absolute atomic E-state index is 0.0153. The summed E-state index contributed by atoms with van der Waals surface area (Å²) in [5.41, 5.74) is 22.5. The van der Waals surface area contributed by atoms with Crippen LogP contribution < -0.4 is 60.2 Å². The van der Waals surface area contributed by atoms with Gasteiger partial charge in [-0.05, 0) is 56.4 Å². The molecule has 7 amide bonds. The maximum Gasteiger partial charge on any atom is 0.243 e. The van der Waals surface area contributed by atoms with E-state index in [0.29, 0.717) is 5.56 Å². The number of rotatable bonds is 27. The first-order valence-electron chi connectivity index (χ1n) is 19.9. The standard InChI is InChI=1S/C39H65N13O8/c1-22(2)18-29(51-37(60)30(19-26-12-8-7-9-13-26)48-32(56)21-47-31(55)20-46-25(6)54)36(59)50-27(14-10-16-44-38(40)41)34(57)49-28(15-11-17-45-39(42)43)35(58)52-33(23(3)4)24(5)53/h7-9,12-13,22-23,27-30,33H,10-11,14-21H2,1-6H3,(H,46,54)(H,47,55)(H,48,56)(H,49,57)(H,50,59)(H,51,60)(H,52,58)(H4,40,41,44)(H4,42,43,45)/t27-,28-,29-,30+,33-/m0/s1. The number of hydrogen-bond acceptors (Lipinski definition) is 10. The van der Waals surface area contributed by atoms with Crippen molar-refractivity contribution in [1.82, 2.24) is 37.2 Å². The predicted molar refractivity (Wildman–Crippen MR) is 226 cm³/mol. The average Bonchev–Trinajstić information content (AvgIpc) is 3.16. The number of benzene rings is 1. The molecule has 0 fully saturated rings. The normalized spacial score (nSPS) is 13.3. The summed E-state index contributed by atoms with van der Waals surface area (Å²) in [7, 11) is 0. The van der Waals surface area contributed by atoms with Gasteiger partial charge in [0.2, 0.25) is 41.4 Å². The summed E-state index contributed by atoms with van der Waals surface area (Å²) in [5.74, 6) is -5.54. The van der Waals surface area contributed by atoms with Gasteiger partial charge in [0.15, 0.2) is 17.7 Å². The smallest absolute Gasteiger partial charge is 0.243 e. The molecule has 1 aromatic carbocycles. The highest BCUT2D eigenvalue weighted by Gasteiger charge is 2.33. The molecule has 0 bridgehead atoms. The Bertz CT molecular complexity index is 1660. The molecule has 0 aromatic heterocycles. The number of nitrogens with one attached hydrogen (secondary N) is 7. The Morgan fingerprint density at radius 1 is 0.583 bits per heavy atom. The molecule has 0 radical (unpaired) electrons. The van der Waals surface area contributed by atoms with Crippen LogP contribution in [0.3, 0.4) is 0 Å². The third-order valence-corrected chi connectivity index (χ3v) is 8.78. The van der Waals surface area contributed by atoms with E-state index in [1.807, 2.05) is 13.8 Å². The minimum Gasteiger partial charge on any atom is -0.370 e. The topological polar surface area (TPSA) is 350 Å². The van der Waals surface area contributed by atoms with Crippen LogP contribution in [0.1, 0.15) is 79.2 Å². The summed E-state index contributed by atoms with van der Waals surface area (Å²) in [5, 5.41) is 18.2. The number of hydrogen-bond donors (Lipinski definition) is 11. The van der Waals surface area contributed by atoms with E-state index in [1.165, 1.54) is 13.8 Å². The Balaban J connectivity index is 3.40. The summed E-state index contributed by atoms with van der Waals surface area (Å²) in [4.78, 5) is 112. The lowest BCUT2D eigenvalue weighted by atomic mass is 9.99. The summed E-state index contributed by atoms with van der Waals surface area (Å²) in [6.45, 7) is 9.20. The van der Waals surface area contributed by atoms with E-state index < -0.39 is 78.1 Å². The molecule has 1 aromatic rings. The molecule has 0 saturated carbocycles. The maximum atomic E-state index is 14.1.